The molecule has 1 atom stereocenters. The van der Waals surface area contributed by atoms with Crippen LogP contribution in [0.2, 0.25) is 0 Å². The third-order valence-corrected chi connectivity index (χ3v) is 4.23. The number of benzene rings is 1. The molecule has 112 valence electrons. The first-order valence-electron chi connectivity index (χ1n) is 7.86. The molecule has 0 saturated carbocycles. The molecule has 2 heterocycles. The summed E-state index contributed by atoms with van der Waals surface area (Å²) in [5, 5.41) is 7.49. The minimum Gasteiger partial charge on any atom is -0.339 e. The zero-order chi connectivity index (χ0) is 14.7. The third kappa shape index (κ3) is 3.50. The fraction of sp³-hybridized carbons (Fsp3) is 0.529. The Balaban J connectivity index is 1.63. The molecule has 21 heavy (non-hydrogen) atoms. The van der Waals surface area contributed by atoms with Crippen LogP contribution in [0.3, 0.4) is 0 Å². The van der Waals surface area contributed by atoms with Gasteiger partial charge in [-0.25, -0.2) is 0 Å². The summed E-state index contributed by atoms with van der Waals surface area (Å²) < 4.78 is 5.38. The maximum Gasteiger partial charge on any atom is 0.226 e. The van der Waals surface area contributed by atoms with Gasteiger partial charge in [0.1, 0.15) is 0 Å². The predicted octanol–water partition coefficient (Wildman–Crippen LogP) is 3.40. The van der Waals surface area contributed by atoms with Crippen molar-refractivity contribution in [1.29, 1.82) is 0 Å². The second kappa shape index (κ2) is 6.39. The van der Waals surface area contributed by atoms with Crippen LogP contribution in [-0.2, 0) is 6.42 Å². The van der Waals surface area contributed by atoms with Crippen LogP contribution in [0, 0.1) is 5.92 Å². The molecule has 1 aliphatic rings. The average molecular weight is 285 g/mol. The van der Waals surface area contributed by atoms with Crippen LogP contribution in [0.15, 0.2) is 28.8 Å². The first-order chi connectivity index (χ1) is 10.2. The van der Waals surface area contributed by atoms with Gasteiger partial charge in [-0.05, 0) is 43.3 Å². The van der Waals surface area contributed by atoms with Crippen molar-refractivity contribution < 1.29 is 4.52 Å². The normalized spacial score (nSPS) is 18.5. The molecule has 1 aromatic carbocycles. The highest BCUT2D eigenvalue weighted by Gasteiger charge is 2.16. The Labute approximate surface area is 126 Å². The van der Waals surface area contributed by atoms with E-state index < -0.39 is 0 Å². The summed E-state index contributed by atoms with van der Waals surface area (Å²) in [4.78, 5) is 4.52. The molecule has 1 saturated heterocycles. The van der Waals surface area contributed by atoms with Crippen molar-refractivity contribution in [2.24, 2.45) is 5.92 Å². The fourth-order valence-electron chi connectivity index (χ4n) is 2.78. The quantitative estimate of drug-likeness (QED) is 0.914. The first-order valence-corrected chi connectivity index (χ1v) is 7.86. The highest BCUT2D eigenvalue weighted by Crippen LogP contribution is 2.21. The van der Waals surface area contributed by atoms with E-state index in [1.54, 1.807) is 0 Å². The van der Waals surface area contributed by atoms with Gasteiger partial charge in [0.05, 0.1) is 0 Å². The standard InChI is InChI=1S/C17H23N3O/c1-12(2)14-4-6-15(7-5-14)17-19-16(21-20-17)8-3-13-9-10-18-11-13/h4-7,12-13,18H,3,8-11H2,1-2H3. The molecule has 4 nitrogen and oxygen atoms in total. The van der Waals surface area contributed by atoms with Gasteiger partial charge in [0, 0.05) is 12.0 Å². The zero-order valence-electron chi connectivity index (χ0n) is 12.8. The smallest absolute Gasteiger partial charge is 0.226 e. The van der Waals surface area contributed by atoms with Crippen LogP contribution in [0.1, 0.15) is 44.1 Å². The predicted molar refractivity (Wildman–Crippen MR) is 83.1 cm³/mol. The number of hydrogen-bond acceptors (Lipinski definition) is 4. The maximum atomic E-state index is 5.38. The lowest BCUT2D eigenvalue weighted by molar-refractivity contribution is 0.365. The van der Waals surface area contributed by atoms with Crippen molar-refractivity contribution in [2.45, 2.75) is 39.0 Å². The summed E-state index contributed by atoms with van der Waals surface area (Å²) in [7, 11) is 0. The molecule has 1 fully saturated rings. The van der Waals surface area contributed by atoms with Crippen LogP contribution in [0.5, 0.6) is 0 Å². The molecule has 0 bridgehead atoms. The summed E-state index contributed by atoms with van der Waals surface area (Å²) >= 11 is 0. The molecular weight excluding hydrogens is 262 g/mol. The van der Waals surface area contributed by atoms with Crippen LogP contribution in [0.4, 0.5) is 0 Å². The van der Waals surface area contributed by atoms with Gasteiger partial charge in [-0.1, -0.05) is 43.3 Å². The van der Waals surface area contributed by atoms with Crippen molar-refractivity contribution in [3.8, 4) is 11.4 Å². The Morgan fingerprint density at radius 1 is 1.29 bits per heavy atom. The van der Waals surface area contributed by atoms with E-state index in [4.69, 9.17) is 4.52 Å². The van der Waals surface area contributed by atoms with Gasteiger partial charge in [-0.3, -0.25) is 0 Å². The SMILES string of the molecule is CC(C)c1ccc(-c2noc(CCC3CCNC3)n2)cc1. The Bertz CT molecular complexity index is 568. The summed E-state index contributed by atoms with van der Waals surface area (Å²) in [6, 6.07) is 8.43. The molecule has 0 radical (unpaired) electrons. The van der Waals surface area contributed by atoms with Gasteiger partial charge in [0.15, 0.2) is 0 Å². The van der Waals surface area contributed by atoms with E-state index in [0.29, 0.717) is 11.7 Å². The Kier molecular flexibility index (Phi) is 4.34. The van der Waals surface area contributed by atoms with Gasteiger partial charge < -0.3 is 9.84 Å². The number of aromatic nitrogens is 2. The third-order valence-electron chi connectivity index (χ3n) is 4.23. The van der Waals surface area contributed by atoms with E-state index in [1.165, 1.54) is 12.0 Å². The second-order valence-electron chi connectivity index (χ2n) is 6.19. The van der Waals surface area contributed by atoms with Crippen LogP contribution in [-0.4, -0.2) is 23.2 Å². The Morgan fingerprint density at radius 3 is 2.76 bits per heavy atom. The van der Waals surface area contributed by atoms with E-state index in [2.05, 4.69) is 53.6 Å². The molecule has 3 rings (SSSR count). The Hall–Kier alpha value is -1.68. The van der Waals surface area contributed by atoms with E-state index in [-0.39, 0.29) is 0 Å². The topological polar surface area (TPSA) is 51.0 Å². The van der Waals surface area contributed by atoms with Crippen molar-refractivity contribution in [1.82, 2.24) is 15.5 Å². The summed E-state index contributed by atoms with van der Waals surface area (Å²) in [5.74, 6) is 2.75. The molecule has 1 aliphatic heterocycles. The van der Waals surface area contributed by atoms with E-state index in [0.717, 1.165) is 43.3 Å². The first kappa shape index (κ1) is 14.3. The average Bonchev–Trinajstić information content (AvgIpc) is 3.17. The highest BCUT2D eigenvalue weighted by atomic mass is 16.5. The van der Waals surface area contributed by atoms with Crippen molar-refractivity contribution >= 4 is 0 Å². The minimum absolute atomic E-state index is 0.542. The molecule has 1 aromatic heterocycles. The van der Waals surface area contributed by atoms with Crippen LogP contribution >= 0.6 is 0 Å². The fourth-order valence-corrected chi connectivity index (χ4v) is 2.78. The van der Waals surface area contributed by atoms with Gasteiger partial charge in [-0.2, -0.15) is 4.98 Å². The van der Waals surface area contributed by atoms with Gasteiger partial charge >= 0.3 is 0 Å². The number of hydrogen-bond donors (Lipinski definition) is 1. The van der Waals surface area contributed by atoms with E-state index >= 15 is 0 Å². The molecule has 0 amide bonds. The number of rotatable bonds is 5. The van der Waals surface area contributed by atoms with E-state index in [1.807, 2.05) is 0 Å². The second-order valence-corrected chi connectivity index (χ2v) is 6.19. The molecule has 0 aliphatic carbocycles. The van der Waals surface area contributed by atoms with Crippen LogP contribution < -0.4 is 5.32 Å². The Morgan fingerprint density at radius 2 is 2.10 bits per heavy atom. The maximum absolute atomic E-state index is 5.38. The van der Waals surface area contributed by atoms with Gasteiger partial charge in [-0.15, -0.1) is 0 Å². The zero-order valence-corrected chi connectivity index (χ0v) is 12.8. The largest absolute Gasteiger partial charge is 0.339 e. The minimum atomic E-state index is 0.542. The number of nitrogens with zero attached hydrogens (tertiary/aromatic N) is 2. The van der Waals surface area contributed by atoms with Crippen molar-refractivity contribution in [3.63, 3.8) is 0 Å². The lowest BCUT2D eigenvalue weighted by atomic mass is 10.0. The molecule has 2 aromatic rings. The lowest BCUT2D eigenvalue weighted by Gasteiger charge is -2.04. The number of nitrogens with one attached hydrogen (secondary N) is 1. The molecule has 1 unspecified atom stereocenters. The number of aryl methyl sites for hydroxylation is 1. The summed E-state index contributed by atoms with van der Waals surface area (Å²) in [5.41, 5.74) is 2.35. The summed E-state index contributed by atoms with van der Waals surface area (Å²) in [6.45, 7) is 6.65. The van der Waals surface area contributed by atoms with Crippen molar-refractivity contribution in [2.75, 3.05) is 13.1 Å². The summed E-state index contributed by atoms with van der Waals surface area (Å²) in [6.07, 6.45) is 3.27. The monoisotopic (exact) mass is 285 g/mol. The molecule has 0 spiro atoms. The van der Waals surface area contributed by atoms with E-state index in [9.17, 15) is 0 Å². The van der Waals surface area contributed by atoms with Gasteiger partial charge in [0.25, 0.3) is 0 Å². The van der Waals surface area contributed by atoms with Crippen LogP contribution in [0.25, 0.3) is 11.4 Å². The molecule has 4 heteroatoms. The highest BCUT2D eigenvalue weighted by molar-refractivity contribution is 5.54. The lowest BCUT2D eigenvalue weighted by Crippen LogP contribution is -2.09. The van der Waals surface area contributed by atoms with Crippen molar-refractivity contribution in [3.05, 3.63) is 35.7 Å². The van der Waals surface area contributed by atoms with Gasteiger partial charge in [0.2, 0.25) is 11.7 Å². The molecular formula is C17H23N3O. The molecule has 1 N–H and O–H groups in total.